The predicted molar refractivity (Wildman–Crippen MR) is 353 cm³/mol. The lowest BCUT2D eigenvalue weighted by Crippen LogP contribution is -2.30. The zero-order valence-electron chi connectivity index (χ0n) is 52.8. The summed E-state index contributed by atoms with van der Waals surface area (Å²) < 4.78 is 16.9. The first-order valence-corrected chi connectivity index (χ1v) is 33.7. The van der Waals surface area contributed by atoms with Gasteiger partial charge in [-0.15, -0.1) is 0 Å². The van der Waals surface area contributed by atoms with Crippen LogP contribution < -0.4 is 0 Å². The molecule has 0 aromatic carbocycles. The molecule has 1 unspecified atom stereocenters. The molecule has 460 valence electrons. The second kappa shape index (κ2) is 68.1. The Hall–Kier alpha value is -4.45. The Balaban J connectivity index is 4.37. The lowest BCUT2D eigenvalue weighted by atomic mass is 10.0. The summed E-state index contributed by atoms with van der Waals surface area (Å²) in [6.45, 7) is 6.38. The van der Waals surface area contributed by atoms with E-state index in [0.29, 0.717) is 19.3 Å². The number of ether oxygens (including phenoxy) is 3. The van der Waals surface area contributed by atoms with Gasteiger partial charge in [-0.3, -0.25) is 14.4 Å². The van der Waals surface area contributed by atoms with Gasteiger partial charge in [0.05, 0.1) is 0 Å². The molecule has 0 radical (unpaired) electrons. The fourth-order valence-corrected chi connectivity index (χ4v) is 9.15. The van der Waals surface area contributed by atoms with E-state index in [1.807, 2.05) is 0 Å². The van der Waals surface area contributed by atoms with Gasteiger partial charge in [-0.1, -0.05) is 289 Å². The number of carbonyl (C=O) groups is 3. The minimum absolute atomic E-state index is 0.105. The number of rotatable bonds is 60. The zero-order chi connectivity index (χ0) is 58.5. The van der Waals surface area contributed by atoms with Crippen LogP contribution in [0.25, 0.3) is 0 Å². The minimum atomic E-state index is -0.815. The first kappa shape index (κ1) is 76.5. The molecule has 0 aliphatic rings. The van der Waals surface area contributed by atoms with Crippen molar-refractivity contribution in [2.75, 3.05) is 13.2 Å². The van der Waals surface area contributed by atoms with Gasteiger partial charge in [0.2, 0.25) is 0 Å². The van der Waals surface area contributed by atoms with E-state index in [1.54, 1.807) is 0 Å². The van der Waals surface area contributed by atoms with Crippen molar-refractivity contribution < 1.29 is 28.6 Å². The molecule has 0 aromatic heterocycles. The van der Waals surface area contributed by atoms with E-state index >= 15 is 0 Å². The Labute approximate surface area is 500 Å². The van der Waals surface area contributed by atoms with Gasteiger partial charge in [0.1, 0.15) is 13.2 Å². The lowest BCUT2D eigenvalue weighted by Gasteiger charge is -2.18. The maximum atomic E-state index is 12.9. The van der Waals surface area contributed by atoms with Crippen LogP contribution in [0.1, 0.15) is 303 Å². The fourth-order valence-electron chi connectivity index (χ4n) is 9.15. The Morgan fingerprint density at radius 2 is 0.494 bits per heavy atom. The Bertz CT molecular complexity index is 1720. The van der Waals surface area contributed by atoms with Crippen LogP contribution in [0.2, 0.25) is 0 Å². The van der Waals surface area contributed by atoms with E-state index in [-0.39, 0.29) is 37.5 Å². The maximum absolute atomic E-state index is 12.9. The van der Waals surface area contributed by atoms with Gasteiger partial charge in [-0.2, -0.15) is 0 Å². The van der Waals surface area contributed by atoms with Crippen LogP contribution in [0.5, 0.6) is 0 Å². The number of hydrogen-bond donors (Lipinski definition) is 0. The van der Waals surface area contributed by atoms with E-state index in [9.17, 15) is 14.4 Å². The van der Waals surface area contributed by atoms with E-state index in [2.05, 4.69) is 154 Å². The minimum Gasteiger partial charge on any atom is -0.462 e. The quantitative estimate of drug-likeness (QED) is 0.0261. The van der Waals surface area contributed by atoms with Crippen molar-refractivity contribution in [1.29, 1.82) is 0 Å². The smallest absolute Gasteiger partial charge is 0.306 e. The summed E-state index contributed by atoms with van der Waals surface area (Å²) in [5.41, 5.74) is 0. The van der Waals surface area contributed by atoms with Gasteiger partial charge in [0.25, 0.3) is 0 Å². The second-order valence-corrected chi connectivity index (χ2v) is 22.0. The van der Waals surface area contributed by atoms with Crippen LogP contribution in [0.15, 0.2) is 134 Å². The van der Waals surface area contributed by atoms with Gasteiger partial charge in [0.15, 0.2) is 6.10 Å². The average molecular weight is 1120 g/mol. The number of esters is 3. The molecule has 6 heteroatoms. The van der Waals surface area contributed by atoms with Crippen molar-refractivity contribution in [2.24, 2.45) is 0 Å². The molecule has 0 heterocycles. The number of unbranched alkanes of at least 4 members (excludes halogenated alkanes) is 27. The molecule has 0 spiro atoms. The summed E-state index contributed by atoms with van der Waals surface area (Å²) >= 11 is 0. The molecular formula is C75H124O6. The van der Waals surface area contributed by atoms with Crippen molar-refractivity contribution in [2.45, 2.75) is 309 Å². The largest absolute Gasteiger partial charge is 0.462 e. The molecule has 0 amide bonds. The topological polar surface area (TPSA) is 78.9 Å². The Morgan fingerprint density at radius 3 is 0.802 bits per heavy atom. The average Bonchev–Trinajstić information content (AvgIpc) is 3.47. The van der Waals surface area contributed by atoms with Crippen LogP contribution in [0.3, 0.4) is 0 Å². The summed E-state index contributed by atoms with van der Waals surface area (Å²) in [6.07, 6.45) is 96.1. The first-order chi connectivity index (χ1) is 40.0. The van der Waals surface area contributed by atoms with Crippen molar-refractivity contribution in [1.82, 2.24) is 0 Å². The van der Waals surface area contributed by atoms with Crippen LogP contribution in [-0.2, 0) is 28.6 Å². The predicted octanol–water partition coefficient (Wildman–Crippen LogP) is 23.3. The molecule has 0 fully saturated rings. The second-order valence-electron chi connectivity index (χ2n) is 22.0. The summed E-state index contributed by atoms with van der Waals surface area (Å²) in [6, 6.07) is 0. The normalized spacial score (nSPS) is 13.0. The SMILES string of the molecule is CC/C=C\C/C=C\C/C=C\C/C=C\C/C=C\CCCCCCCCCCCCCCCC(=O)OCC(COC(=O)CCCCCCCCC/C=C\CCCCCCCC)OC(=O)CCC/C=C\C/C=C\C/C=C\C/C=C\C/C=C\CC. The third-order valence-corrected chi connectivity index (χ3v) is 14.1. The number of hydrogen-bond acceptors (Lipinski definition) is 6. The molecule has 1 atom stereocenters. The molecule has 0 aliphatic heterocycles. The molecule has 0 saturated carbocycles. The highest BCUT2D eigenvalue weighted by Gasteiger charge is 2.19. The van der Waals surface area contributed by atoms with Gasteiger partial charge in [0, 0.05) is 19.3 Å². The van der Waals surface area contributed by atoms with E-state index in [4.69, 9.17) is 14.2 Å². The molecule has 0 aromatic rings. The number of carbonyl (C=O) groups excluding carboxylic acids is 3. The van der Waals surface area contributed by atoms with Crippen LogP contribution in [0.4, 0.5) is 0 Å². The van der Waals surface area contributed by atoms with Crippen LogP contribution >= 0.6 is 0 Å². The zero-order valence-corrected chi connectivity index (χ0v) is 52.8. The summed E-state index contributed by atoms with van der Waals surface area (Å²) in [5.74, 6) is -0.963. The fraction of sp³-hybridized carbons (Fsp3) is 0.667. The van der Waals surface area contributed by atoms with Crippen molar-refractivity contribution in [3.63, 3.8) is 0 Å². The van der Waals surface area contributed by atoms with Crippen LogP contribution in [-0.4, -0.2) is 37.2 Å². The van der Waals surface area contributed by atoms with E-state index in [0.717, 1.165) is 109 Å². The molecule has 6 nitrogen and oxygen atoms in total. The first-order valence-electron chi connectivity index (χ1n) is 33.7. The van der Waals surface area contributed by atoms with Crippen molar-refractivity contribution >= 4 is 17.9 Å². The third kappa shape index (κ3) is 66.2. The standard InChI is InChI=1S/C75H124O6/c1-4-7-10-13-16-19-22-25-28-31-32-33-34-35-36-37-38-39-40-41-42-45-47-50-53-56-59-62-65-68-74(77)80-71-72(81-75(78)69-66-63-60-57-54-51-48-44-30-27-24-21-18-15-12-9-6-3)70-79-73(76)67-64-61-58-55-52-49-46-43-29-26-23-20-17-14-11-8-5-2/h7,9-10,12,16,18-19,21,25-30,32-33,35-36,48,51,57,60,72H,4-6,8,11,13-15,17,20,22-24,31,34,37-47,49-50,52-56,58-59,61-71H2,1-3H3/b10-7-,12-9-,19-16-,21-18-,28-25-,29-26-,30-27-,33-32-,36-35-,51-48-,60-57-. The molecule has 0 saturated heterocycles. The maximum Gasteiger partial charge on any atom is 0.306 e. The molecule has 0 rings (SSSR count). The van der Waals surface area contributed by atoms with E-state index in [1.165, 1.54) is 148 Å². The lowest BCUT2D eigenvalue weighted by molar-refractivity contribution is -0.167. The highest BCUT2D eigenvalue weighted by atomic mass is 16.6. The molecule has 0 N–H and O–H groups in total. The van der Waals surface area contributed by atoms with Crippen LogP contribution in [0, 0.1) is 0 Å². The highest BCUT2D eigenvalue weighted by Crippen LogP contribution is 2.16. The molecular weight excluding hydrogens is 997 g/mol. The van der Waals surface area contributed by atoms with Gasteiger partial charge < -0.3 is 14.2 Å². The van der Waals surface area contributed by atoms with Crippen molar-refractivity contribution in [3.05, 3.63) is 134 Å². The molecule has 0 aliphatic carbocycles. The van der Waals surface area contributed by atoms with Gasteiger partial charge in [-0.05, 0) is 128 Å². The van der Waals surface area contributed by atoms with Gasteiger partial charge in [-0.25, -0.2) is 0 Å². The Kier molecular flexibility index (Phi) is 64.3. The molecule has 81 heavy (non-hydrogen) atoms. The monoisotopic (exact) mass is 1120 g/mol. The number of allylic oxidation sites excluding steroid dienone is 22. The third-order valence-electron chi connectivity index (χ3n) is 14.1. The van der Waals surface area contributed by atoms with Gasteiger partial charge >= 0.3 is 17.9 Å². The van der Waals surface area contributed by atoms with E-state index < -0.39 is 6.10 Å². The summed E-state index contributed by atoms with van der Waals surface area (Å²) in [5, 5.41) is 0. The summed E-state index contributed by atoms with van der Waals surface area (Å²) in [7, 11) is 0. The highest BCUT2D eigenvalue weighted by molar-refractivity contribution is 5.71. The van der Waals surface area contributed by atoms with Crippen molar-refractivity contribution in [3.8, 4) is 0 Å². The molecule has 0 bridgehead atoms. The summed E-state index contributed by atoms with van der Waals surface area (Å²) in [4.78, 5) is 38.4. The Morgan fingerprint density at radius 1 is 0.259 bits per heavy atom.